The van der Waals surface area contributed by atoms with Crippen LogP contribution in [0.25, 0.3) is 0 Å². The molecular weight excluding hydrogens is 196 g/mol. The molecule has 2 nitrogen and oxygen atoms in total. The molecule has 0 aliphatic carbocycles. The lowest BCUT2D eigenvalue weighted by Gasteiger charge is -2.49. The summed E-state index contributed by atoms with van der Waals surface area (Å²) >= 11 is 0. The van der Waals surface area contributed by atoms with Crippen LogP contribution in [0.5, 0.6) is 0 Å². The molecule has 0 spiro atoms. The highest BCUT2D eigenvalue weighted by molar-refractivity contribution is 4.93. The van der Waals surface area contributed by atoms with Gasteiger partial charge in [-0.15, -0.1) is 0 Å². The molecule has 0 amide bonds. The summed E-state index contributed by atoms with van der Waals surface area (Å²) in [5.41, 5.74) is 0.356. The number of hydrogen-bond acceptors (Lipinski definition) is 2. The van der Waals surface area contributed by atoms with E-state index in [1.54, 1.807) is 0 Å². The van der Waals surface area contributed by atoms with E-state index in [1.165, 1.54) is 38.8 Å². The Bertz CT molecular complexity index is 201. The van der Waals surface area contributed by atoms with E-state index >= 15 is 0 Å². The maximum atomic E-state index is 3.71. The summed E-state index contributed by atoms with van der Waals surface area (Å²) in [7, 11) is 0. The van der Waals surface area contributed by atoms with Gasteiger partial charge in [0.1, 0.15) is 0 Å². The molecule has 2 unspecified atom stereocenters. The Kier molecular flexibility index (Phi) is 5.26. The largest absolute Gasteiger partial charge is 0.311 e. The molecule has 1 aliphatic heterocycles. The second-order valence-corrected chi connectivity index (χ2v) is 5.77. The quantitative estimate of drug-likeness (QED) is 0.775. The molecule has 0 aromatic rings. The number of nitrogens with zero attached hydrogens (tertiary/aromatic N) is 1. The molecule has 1 N–H and O–H groups in total. The number of nitrogens with one attached hydrogen (secondary N) is 1. The molecule has 1 heterocycles. The summed E-state index contributed by atoms with van der Waals surface area (Å²) in [5.74, 6) is 0. The van der Waals surface area contributed by atoms with Crippen LogP contribution in [-0.4, -0.2) is 35.6 Å². The molecule has 2 heteroatoms. The molecule has 16 heavy (non-hydrogen) atoms. The molecule has 1 rings (SSSR count). The van der Waals surface area contributed by atoms with Crippen LogP contribution in [0.2, 0.25) is 0 Å². The molecule has 0 bridgehead atoms. The van der Waals surface area contributed by atoms with Crippen molar-refractivity contribution in [1.29, 1.82) is 0 Å². The second kappa shape index (κ2) is 6.02. The monoisotopic (exact) mass is 226 g/mol. The smallest absolute Gasteiger partial charge is 0.0224 e. The summed E-state index contributed by atoms with van der Waals surface area (Å²) < 4.78 is 0. The van der Waals surface area contributed by atoms with Crippen LogP contribution < -0.4 is 5.32 Å². The van der Waals surface area contributed by atoms with Crippen LogP contribution in [-0.2, 0) is 0 Å². The summed E-state index contributed by atoms with van der Waals surface area (Å²) in [6, 6.07) is 1.43. The van der Waals surface area contributed by atoms with Crippen LogP contribution in [0, 0.1) is 0 Å². The van der Waals surface area contributed by atoms with E-state index in [-0.39, 0.29) is 0 Å². The van der Waals surface area contributed by atoms with Crippen molar-refractivity contribution in [2.45, 2.75) is 77.9 Å². The average molecular weight is 226 g/mol. The minimum atomic E-state index is 0.356. The minimum absolute atomic E-state index is 0.356. The third-order valence-electron chi connectivity index (χ3n) is 4.25. The summed E-state index contributed by atoms with van der Waals surface area (Å²) in [6.45, 7) is 14.1. The third kappa shape index (κ3) is 3.21. The molecule has 0 saturated carbocycles. The molecule has 0 radical (unpaired) electrons. The highest BCUT2D eigenvalue weighted by Gasteiger charge is 2.34. The van der Waals surface area contributed by atoms with Crippen molar-refractivity contribution in [1.82, 2.24) is 10.2 Å². The summed E-state index contributed by atoms with van der Waals surface area (Å²) in [5, 5.41) is 3.71. The van der Waals surface area contributed by atoms with Crippen molar-refractivity contribution in [3.05, 3.63) is 0 Å². The van der Waals surface area contributed by atoms with E-state index in [9.17, 15) is 0 Å². The Morgan fingerprint density at radius 3 is 2.44 bits per heavy atom. The fraction of sp³-hybridized carbons (Fsp3) is 1.00. The van der Waals surface area contributed by atoms with Crippen LogP contribution in [0.15, 0.2) is 0 Å². The molecule has 1 saturated heterocycles. The molecule has 2 atom stereocenters. The van der Waals surface area contributed by atoms with E-state index in [2.05, 4.69) is 44.8 Å². The first kappa shape index (κ1) is 14.0. The molecule has 96 valence electrons. The van der Waals surface area contributed by atoms with Gasteiger partial charge in [-0.25, -0.2) is 0 Å². The van der Waals surface area contributed by atoms with Crippen LogP contribution in [0.1, 0.15) is 60.3 Å². The maximum absolute atomic E-state index is 3.71. The fourth-order valence-corrected chi connectivity index (χ4v) is 2.71. The zero-order valence-electron chi connectivity index (χ0n) is 11.8. The normalized spacial score (nSPS) is 28.3. The fourth-order valence-electron chi connectivity index (χ4n) is 2.71. The minimum Gasteiger partial charge on any atom is -0.311 e. The van der Waals surface area contributed by atoms with Crippen molar-refractivity contribution in [2.24, 2.45) is 0 Å². The van der Waals surface area contributed by atoms with Crippen molar-refractivity contribution < 1.29 is 0 Å². The topological polar surface area (TPSA) is 15.3 Å². The van der Waals surface area contributed by atoms with E-state index in [0.717, 1.165) is 6.04 Å². The van der Waals surface area contributed by atoms with Gasteiger partial charge in [-0.05, 0) is 33.1 Å². The number of rotatable bonds is 5. The van der Waals surface area contributed by atoms with Crippen LogP contribution in [0.3, 0.4) is 0 Å². The zero-order valence-corrected chi connectivity index (χ0v) is 11.8. The Balaban J connectivity index is 2.67. The maximum Gasteiger partial charge on any atom is 0.0224 e. The first-order valence-corrected chi connectivity index (χ1v) is 7.05. The Morgan fingerprint density at radius 2 is 1.94 bits per heavy atom. The van der Waals surface area contributed by atoms with Gasteiger partial charge in [0.05, 0.1) is 0 Å². The predicted molar refractivity (Wildman–Crippen MR) is 71.9 cm³/mol. The van der Waals surface area contributed by atoms with E-state index in [1.807, 2.05) is 0 Å². The van der Waals surface area contributed by atoms with Gasteiger partial charge in [-0.2, -0.15) is 0 Å². The van der Waals surface area contributed by atoms with Crippen LogP contribution in [0.4, 0.5) is 0 Å². The van der Waals surface area contributed by atoms with Crippen molar-refractivity contribution >= 4 is 0 Å². The standard InChI is InChI=1S/C14H30N2/c1-6-9-12-11-16(14(4,5)8-3)13(7-2)10-15-12/h12-13,15H,6-11H2,1-5H3. The van der Waals surface area contributed by atoms with Gasteiger partial charge in [-0.3, -0.25) is 4.90 Å². The number of hydrogen-bond donors (Lipinski definition) is 1. The van der Waals surface area contributed by atoms with Gasteiger partial charge >= 0.3 is 0 Å². The lowest BCUT2D eigenvalue weighted by molar-refractivity contribution is 0.0247. The van der Waals surface area contributed by atoms with Gasteiger partial charge in [0.15, 0.2) is 0 Å². The van der Waals surface area contributed by atoms with Crippen LogP contribution >= 0.6 is 0 Å². The second-order valence-electron chi connectivity index (χ2n) is 5.77. The van der Waals surface area contributed by atoms with Gasteiger partial charge in [0, 0.05) is 30.7 Å². The lowest BCUT2D eigenvalue weighted by Crippen LogP contribution is -2.62. The van der Waals surface area contributed by atoms with E-state index in [0.29, 0.717) is 11.6 Å². The highest BCUT2D eigenvalue weighted by atomic mass is 15.3. The summed E-state index contributed by atoms with van der Waals surface area (Å²) in [6.07, 6.45) is 5.10. The Morgan fingerprint density at radius 1 is 1.25 bits per heavy atom. The molecule has 0 aromatic carbocycles. The van der Waals surface area contributed by atoms with Crippen molar-refractivity contribution in [2.75, 3.05) is 13.1 Å². The first-order chi connectivity index (χ1) is 7.55. The third-order valence-corrected chi connectivity index (χ3v) is 4.25. The van der Waals surface area contributed by atoms with Gasteiger partial charge in [0.2, 0.25) is 0 Å². The lowest BCUT2D eigenvalue weighted by atomic mass is 9.92. The van der Waals surface area contributed by atoms with Gasteiger partial charge < -0.3 is 5.32 Å². The van der Waals surface area contributed by atoms with Gasteiger partial charge in [0.25, 0.3) is 0 Å². The van der Waals surface area contributed by atoms with Crippen molar-refractivity contribution in [3.63, 3.8) is 0 Å². The Labute approximate surface area is 102 Å². The van der Waals surface area contributed by atoms with Gasteiger partial charge in [-0.1, -0.05) is 27.2 Å². The van der Waals surface area contributed by atoms with E-state index in [4.69, 9.17) is 0 Å². The van der Waals surface area contributed by atoms with E-state index < -0.39 is 0 Å². The summed E-state index contributed by atoms with van der Waals surface area (Å²) in [4.78, 5) is 2.74. The highest BCUT2D eigenvalue weighted by Crippen LogP contribution is 2.25. The zero-order chi connectivity index (χ0) is 12.2. The molecule has 1 aliphatic rings. The Hall–Kier alpha value is -0.0800. The SMILES string of the molecule is CCCC1CN(C(C)(C)CC)C(CC)CN1. The molecule has 1 fully saturated rings. The van der Waals surface area contributed by atoms with Crippen molar-refractivity contribution in [3.8, 4) is 0 Å². The predicted octanol–water partition coefficient (Wildman–Crippen LogP) is 3.03. The number of piperazine rings is 1. The molecule has 0 aromatic heterocycles. The average Bonchev–Trinajstić information content (AvgIpc) is 2.29. The molecular formula is C14H30N2. The first-order valence-electron chi connectivity index (χ1n) is 7.05.